The Morgan fingerprint density at radius 1 is 0.971 bits per heavy atom. The number of imide groups is 1. The number of carbonyl (C=O) groups is 3. The molecule has 4 fully saturated rings. The van der Waals surface area contributed by atoms with Crippen LogP contribution in [-0.4, -0.2) is 56.0 Å². The van der Waals surface area contributed by atoms with Gasteiger partial charge in [-0.3, -0.25) is 19.7 Å². The van der Waals surface area contributed by atoms with Gasteiger partial charge >= 0.3 is 0 Å². The second-order valence-electron chi connectivity index (χ2n) is 10.9. The van der Waals surface area contributed by atoms with E-state index in [1.807, 2.05) is 0 Å². The summed E-state index contributed by atoms with van der Waals surface area (Å²) in [4.78, 5) is 37.8. The second-order valence-corrected chi connectivity index (χ2v) is 10.9. The monoisotopic (exact) mass is 481 g/mol. The van der Waals surface area contributed by atoms with Crippen molar-refractivity contribution in [1.82, 2.24) is 21.3 Å². The molecule has 5 rings (SSSR count). The van der Waals surface area contributed by atoms with Crippen LogP contribution in [0.4, 0.5) is 5.69 Å². The van der Waals surface area contributed by atoms with Gasteiger partial charge in [0.25, 0.3) is 0 Å². The fourth-order valence-electron chi connectivity index (χ4n) is 5.97. The summed E-state index contributed by atoms with van der Waals surface area (Å²) in [5.41, 5.74) is 2.89. The fourth-order valence-corrected chi connectivity index (χ4v) is 5.97. The van der Waals surface area contributed by atoms with Gasteiger partial charge in [-0.2, -0.15) is 0 Å². The fraction of sp³-hybridized carbons (Fsp3) is 0.667. The summed E-state index contributed by atoms with van der Waals surface area (Å²) in [6.45, 7) is 3.72. The molecule has 0 bridgehead atoms. The first-order valence-electron chi connectivity index (χ1n) is 13.5. The van der Waals surface area contributed by atoms with Crippen molar-refractivity contribution in [2.24, 2.45) is 5.41 Å². The van der Waals surface area contributed by atoms with Gasteiger partial charge in [-0.05, 0) is 107 Å². The van der Waals surface area contributed by atoms with E-state index in [-0.39, 0.29) is 17.7 Å². The van der Waals surface area contributed by atoms with Gasteiger partial charge in [0.15, 0.2) is 0 Å². The van der Waals surface area contributed by atoms with Crippen LogP contribution in [-0.2, 0) is 20.8 Å². The van der Waals surface area contributed by atoms with Crippen LogP contribution in [0, 0.1) is 5.41 Å². The molecular formula is C27H39N5O3. The first-order valence-corrected chi connectivity index (χ1v) is 13.5. The number of hydrogen-bond donors (Lipinski definition) is 5. The summed E-state index contributed by atoms with van der Waals surface area (Å²) in [6.07, 6.45) is 8.65. The lowest BCUT2D eigenvalue weighted by molar-refractivity contribution is -0.135. The Bertz CT molecular complexity index is 948. The zero-order valence-electron chi connectivity index (χ0n) is 20.6. The third-order valence-corrected chi connectivity index (χ3v) is 8.52. The van der Waals surface area contributed by atoms with E-state index in [2.05, 4.69) is 44.8 Å². The van der Waals surface area contributed by atoms with Crippen LogP contribution in [0.2, 0.25) is 0 Å². The van der Waals surface area contributed by atoms with E-state index in [1.165, 1.54) is 12.0 Å². The van der Waals surface area contributed by atoms with Crippen LogP contribution in [0.25, 0.3) is 0 Å². The van der Waals surface area contributed by atoms with E-state index in [1.54, 1.807) is 0 Å². The number of benzene rings is 1. The number of amides is 3. The molecule has 1 aliphatic carbocycles. The second kappa shape index (κ2) is 10.7. The third-order valence-electron chi connectivity index (χ3n) is 8.52. The van der Waals surface area contributed by atoms with E-state index in [9.17, 15) is 14.4 Å². The van der Waals surface area contributed by atoms with Crippen molar-refractivity contribution in [3.63, 3.8) is 0 Å². The maximum Gasteiger partial charge on any atom is 0.249 e. The summed E-state index contributed by atoms with van der Waals surface area (Å²) < 4.78 is 0. The summed E-state index contributed by atoms with van der Waals surface area (Å²) in [5, 5.41) is 16.1. The SMILES string of the molecule is O=C1CCC(Nc2ccc(C3CCNCC3)cc2CC2(C(=O)NC3CCC3)CCNCC2)C(=O)N1. The van der Waals surface area contributed by atoms with Crippen LogP contribution in [0.3, 0.4) is 0 Å². The molecule has 1 atom stereocenters. The normalized spacial score (nSPS) is 25.4. The third kappa shape index (κ3) is 5.54. The minimum atomic E-state index is -0.450. The topological polar surface area (TPSA) is 111 Å². The molecule has 1 unspecified atom stereocenters. The van der Waals surface area contributed by atoms with Gasteiger partial charge in [0.05, 0.1) is 5.41 Å². The van der Waals surface area contributed by atoms with Crippen molar-refractivity contribution in [3.8, 4) is 0 Å². The summed E-state index contributed by atoms with van der Waals surface area (Å²) in [6, 6.07) is 6.43. The smallest absolute Gasteiger partial charge is 0.249 e. The molecule has 1 aromatic rings. The Morgan fingerprint density at radius 2 is 1.71 bits per heavy atom. The molecule has 0 aromatic heterocycles. The average molecular weight is 482 g/mol. The molecule has 3 heterocycles. The lowest BCUT2D eigenvalue weighted by atomic mass is 9.72. The summed E-state index contributed by atoms with van der Waals surface area (Å²) in [7, 11) is 0. The summed E-state index contributed by atoms with van der Waals surface area (Å²) in [5.74, 6) is 0.208. The Labute approximate surface area is 207 Å². The predicted molar refractivity (Wildman–Crippen MR) is 135 cm³/mol. The Hall–Kier alpha value is -2.45. The number of carbonyl (C=O) groups excluding carboxylic acids is 3. The number of hydrogen-bond acceptors (Lipinski definition) is 6. The van der Waals surface area contributed by atoms with E-state index in [4.69, 9.17) is 0 Å². The van der Waals surface area contributed by atoms with Gasteiger partial charge in [0.2, 0.25) is 17.7 Å². The zero-order valence-corrected chi connectivity index (χ0v) is 20.6. The van der Waals surface area contributed by atoms with Gasteiger partial charge in [-0.25, -0.2) is 0 Å². The molecular weight excluding hydrogens is 442 g/mol. The molecule has 190 valence electrons. The standard InChI is InChI=1S/C27H39N5O3/c33-24-7-6-23(25(34)32-24)31-22-5-4-19(18-8-12-28-13-9-18)16-20(22)17-27(10-14-29-15-11-27)26(35)30-21-2-1-3-21/h4-5,16,18,21,23,28-29,31H,1-3,6-15,17H2,(H,30,35)(H,32,33,34). The first-order chi connectivity index (χ1) is 17.0. The molecule has 8 heteroatoms. The average Bonchev–Trinajstić information content (AvgIpc) is 2.85. The highest BCUT2D eigenvalue weighted by Gasteiger charge is 2.41. The molecule has 8 nitrogen and oxygen atoms in total. The van der Waals surface area contributed by atoms with Crippen LogP contribution in [0.5, 0.6) is 0 Å². The van der Waals surface area contributed by atoms with E-state index >= 15 is 0 Å². The van der Waals surface area contributed by atoms with E-state index < -0.39 is 11.5 Å². The van der Waals surface area contributed by atoms with Crippen molar-refractivity contribution in [3.05, 3.63) is 29.3 Å². The number of piperidine rings is 3. The highest BCUT2D eigenvalue weighted by molar-refractivity contribution is 6.01. The quantitative estimate of drug-likeness (QED) is 0.381. The minimum absolute atomic E-state index is 0.183. The molecule has 0 radical (unpaired) electrons. The minimum Gasteiger partial charge on any atom is -0.373 e. The lowest BCUT2D eigenvalue weighted by Crippen LogP contribution is -2.52. The van der Waals surface area contributed by atoms with Crippen LogP contribution >= 0.6 is 0 Å². The van der Waals surface area contributed by atoms with Crippen molar-refractivity contribution in [1.29, 1.82) is 0 Å². The summed E-state index contributed by atoms with van der Waals surface area (Å²) >= 11 is 0. The largest absolute Gasteiger partial charge is 0.373 e. The first kappa shape index (κ1) is 24.3. The van der Waals surface area contributed by atoms with Gasteiger partial charge < -0.3 is 21.3 Å². The highest BCUT2D eigenvalue weighted by Crippen LogP contribution is 2.38. The maximum absolute atomic E-state index is 13.6. The number of anilines is 1. The molecule has 3 amide bonds. The number of nitrogens with one attached hydrogen (secondary N) is 5. The predicted octanol–water partition coefficient (Wildman–Crippen LogP) is 1.95. The van der Waals surface area contributed by atoms with Gasteiger partial charge in [0, 0.05) is 18.2 Å². The van der Waals surface area contributed by atoms with Crippen LogP contribution in [0.1, 0.15) is 74.8 Å². The molecule has 5 N–H and O–H groups in total. The molecule has 4 aliphatic rings. The van der Waals surface area contributed by atoms with Crippen molar-refractivity contribution < 1.29 is 14.4 Å². The molecule has 1 aromatic carbocycles. The van der Waals surface area contributed by atoms with Crippen molar-refractivity contribution in [2.45, 2.75) is 82.2 Å². The van der Waals surface area contributed by atoms with Crippen molar-refractivity contribution in [2.75, 3.05) is 31.5 Å². The van der Waals surface area contributed by atoms with Gasteiger partial charge in [-0.15, -0.1) is 0 Å². The molecule has 0 spiro atoms. The van der Waals surface area contributed by atoms with E-state index in [0.717, 1.165) is 76.0 Å². The molecule has 35 heavy (non-hydrogen) atoms. The Morgan fingerprint density at radius 3 is 2.40 bits per heavy atom. The molecule has 3 saturated heterocycles. The van der Waals surface area contributed by atoms with Gasteiger partial charge in [-0.1, -0.05) is 12.1 Å². The van der Waals surface area contributed by atoms with Crippen LogP contribution in [0.15, 0.2) is 18.2 Å². The van der Waals surface area contributed by atoms with Crippen LogP contribution < -0.4 is 26.6 Å². The van der Waals surface area contributed by atoms with Crippen molar-refractivity contribution >= 4 is 23.4 Å². The molecule has 1 saturated carbocycles. The number of rotatable bonds is 7. The highest BCUT2D eigenvalue weighted by atomic mass is 16.2. The van der Waals surface area contributed by atoms with Gasteiger partial charge in [0.1, 0.15) is 6.04 Å². The Kier molecular flexibility index (Phi) is 7.39. The Balaban J connectivity index is 1.43. The zero-order chi connectivity index (χ0) is 24.3. The molecule has 3 aliphatic heterocycles. The van der Waals surface area contributed by atoms with E-state index in [0.29, 0.717) is 31.2 Å². The maximum atomic E-state index is 13.6. The lowest BCUT2D eigenvalue weighted by Gasteiger charge is -2.39.